The molecule has 0 radical (unpaired) electrons. The summed E-state index contributed by atoms with van der Waals surface area (Å²) in [4.78, 5) is 0. The second-order valence-corrected chi connectivity index (χ2v) is 4.86. The molecule has 0 saturated heterocycles. The molecular formula is C6H14F3N3O2S. The summed E-state index contributed by atoms with van der Waals surface area (Å²) < 4.78 is 60.0. The lowest BCUT2D eigenvalue weighted by atomic mass is 10.4. The monoisotopic (exact) mass is 249 g/mol. The summed E-state index contributed by atoms with van der Waals surface area (Å²) in [6.45, 7) is -0.0623. The first-order chi connectivity index (χ1) is 6.60. The van der Waals surface area contributed by atoms with Crippen LogP contribution < -0.4 is 10.5 Å². The molecule has 1 unspecified atom stereocenters. The highest BCUT2D eigenvalue weighted by atomic mass is 32.2. The van der Waals surface area contributed by atoms with E-state index < -0.39 is 29.0 Å². The molecule has 0 aromatic rings. The fourth-order valence-electron chi connectivity index (χ4n) is 0.660. The third-order valence-corrected chi connectivity index (χ3v) is 3.42. The predicted octanol–water partition coefficient (Wildman–Crippen LogP) is -0.338. The van der Waals surface area contributed by atoms with Gasteiger partial charge in [0.25, 0.3) is 10.2 Å². The summed E-state index contributed by atoms with van der Waals surface area (Å²) >= 11 is 0. The number of hydrogen-bond donors (Lipinski definition) is 2. The van der Waals surface area contributed by atoms with Crippen LogP contribution in [0.5, 0.6) is 0 Å². The van der Waals surface area contributed by atoms with Crippen LogP contribution in [0.3, 0.4) is 0 Å². The van der Waals surface area contributed by atoms with Crippen molar-refractivity contribution in [3.8, 4) is 0 Å². The van der Waals surface area contributed by atoms with Gasteiger partial charge in [0.15, 0.2) is 0 Å². The number of likely N-dealkylation sites (N-methyl/N-ethyl adjacent to an activating group) is 1. The van der Waals surface area contributed by atoms with E-state index in [1.54, 1.807) is 0 Å². The lowest BCUT2D eigenvalue weighted by molar-refractivity contribution is -0.121. The van der Waals surface area contributed by atoms with Crippen molar-refractivity contribution in [1.29, 1.82) is 0 Å². The number of nitrogens with two attached hydrogens (primary N) is 1. The predicted molar refractivity (Wildman–Crippen MR) is 49.3 cm³/mol. The molecule has 92 valence electrons. The first kappa shape index (κ1) is 14.6. The second-order valence-electron chi connectivity index (χ2n) is 3.04. The van der Waals surface area contributed by atoms with Gasteiger partial charge in [-0.05, 0) is 6.92 Å². The van der Waals surface area contributed by atoms with Crippen molar-refractivity contribution in [3.63, 3.8) is 0 Å². The Kier molecular flexibility index (Phi) is 4.97. The van der Waals surface area contributed by atoms with Crippen molar-refractivity contribution >= 4 is 10.2 Å². The van der Waals surface area contributed by atoms with Crippen LogP contribution in [0.1, 0.15) is 6.92 Å². The first-order valence-corrected chi connectivity index (χ1v) is 5.53. The highest BCUT2D eigenvalue weighted by Crippen LogP contribution is 2.13. The molecule has 0 amide bonds. The Balaban J connectivity index is 4.44. The SMILES string of the molecule is CC(CN)N(C)S(=O)(=O)NCC(F)(F)F. The van der Waals surface area contributed by atoms with Crippen molar-refractivity contribution < 1.29 is 21.6 Å². The molecule has 0 saturated carbocycles. The topological polar surface area (TPSA) is 75.4 Å². The molecule has 0 aliphatic heterocycles. The van der Waals surface area contributed by atoms with E-state index in [-0.39, 0.29) is 6.54 Å². The lowest BCUT2D eigenvalue weighted by Crippen LogP contribution is -2.47. The van der Waals surface area contributed by atoms with Crippen LogP contribution in [0.2, 0.25) is 0 Å². The Morgan fingerprint density at radius 2 is 1.93 bits per heavy atom. The van der Waals surface area contributed by atoms with Gasteiger partial charge < -0.3 is 5.73 Å². The fraction of sp³-hybridized carbons (Fsp3) is 1.00. The molecule has 5 nitrogen and oxygen atoms in total. The lowest BCUT2D eigenvalue weighted by Gasteiger charge is -2.23. The highest BCUT2D eigenvalue weighted by Gasteiger charge is 2.31. The molecule has 0 aliphatic carbocycles. The van der Waals surface area contributed by atoms with E-state index in [0.717, 1.165) is 11.4 Å². The maximum absolute atomic E-state index is 11.8. The second kappa shape index (κ2) is 5.10. The summed E-state index contributed by atoms with van der Waals surface area (Å²) in [5.74, 6) is 0. The van der Waals surface area contributed by atoms with E-state index in [4.69, 9.17) is 5.73 Å². The van der Waals surface area contributed by atoms with Gasteiger partial charge in [-0.2, -0.15) is 30.6 Å². The number of halogens is 3. The number of rotatable bonds is 5. The summed E-state index contributed by atoms with van der Waals surface area (Å²) in [7, 11) is -2.96. The van der Waals surface area contributed by atoms with Crippen molar-refractivity contribution in [2.45, 2.75) is 19.1 Å². The van der Waals surface area contributed by atoms with Gasteiger partial charge >= 0.3 is 6.18 Å². The average Bonchev–Trinajstić information content (AvgIpc) is 2.11. The van der Waals surface area contributed by atoms with Gasteiger partial charge in [-0.25, -0.2) is 0 Å². The van der Waals surface area contributed by atoms with Crippen molar-refractivity contribution in [2.75, 3.05) is 20.1 Å². The van der Waals surface area contributed by atoms with Gasteiger partial charge in [-0.3, -0.25) is 0 Å². The molecule has 3 N–H and O–H groups in total. The minimum atomic E-state index is -4.57. The molecule has 0 fully saturated rings. The van der Waals surface area contributed by atoms with E-state index >= 15 is 0 Å². The Morgan fingerprint density at radius 1 is 1.47 bits per heavy atom. The summed E-state index contributed by atoms with van der Waals surface area (Å²) in [6, 6.07) is -0.560. The van der Waals surface area contributed by atoms with Crippen LogP contribution in [-0.2, 0) is 10.2 Å². The largest absolute Gasteiger partial charge is 0.402 e. The number of nitrogens with zero attached hydrogens (tertiary/aromatic N) is 1. The Hall–Kier alpha value is -0.380. The number of hydrogen-bond acceptors (Lipinski definition) is 3. The van der Waals surface area contributed by atoms with Crippen LogP contribution in [0.4, 0.5) is 13.2 Å². The third kappa shape index (κ3) is 5.30. The van der Waals surface area contributed by atoms with Gasteiger partial charge in [0.1, 0.15) is 6.54 Å². The van der Waals surface area contributed by atoms with E-state index in [2.05, 4.69) is 0 Å². The molecule has 0 aromatic heterocycles. The van der Waals surface area contributed by atoms with Crippen LogP contribution in [0.25, 0.3) is 0 Å². The third-order valence-electron chi connectivity index (χ3n) is 1.80. The number of nitrogens with one attached hydrogen (secondary N) is 1. The quantitative estimate of drug-likeness (QED) is 0.700. The molecule has 0 heterocycles. The molecule has 0 bridgehead atoms. The molecule has 1 atom stereocenters. The van der Waals surface area contributed by atoms with Crippen molar-refractivity contribution in [1.82, 2.24) is 9.03 Å². The zero-order valence-corrected chi connectivity index (χ0v) is 9.19. The normalized spacial score (nSPS) is 15.7. The molecule has 0 aromatic carbocycles. The fourth-order valence-corrected chi connectivity index (χ4v) is 1.77. The minimum absolute atomic E-state index is 0.0312. The minimum Gasteiger partial charge on any atom is -0.329 e. The molecular weight excluding hydrogens is 235 g/mol. The van der Waals surface area contributed by atoms with Crippen molar-refractivity contribution in [3.05, 3.63) is 0 Å². The number of alkyl halides is 3. The average molecular weight is 249 g/mol. The maximum atomic E-state index is 11.8. The molecule has 0 aliphatic rings. The molecule has 9 heteroatoms. The van der Waals surface area contributed by atoms with E-state index in [1.807, 2.05) is 0 Å². The van der Waals surface area contributed by atoms with E-state index in [9.17, 15) is 21.6 Å². The molecule has 15 heavy (non-hydrogen) atoms. The zero-order valence-electron chi connectivity index (χ0n) is 8.37. The summed E-state index contributed by atoms with van der Waals surface area (Å²) in [5.41, 5.74) is 5.20. The van der Waals surface area contributed by atoms with Crippen molar-refractivity contribution in [2.24, 2.45) is 5.73 Å². The smallest absolute Gasteiger partial charge is 0.329 e. The first-order valence-electron chi connectivity index (χ1n) is 4.09. The summed E-state index contributed by atoms with van der Waals surface area (Å²) in [6.07, 6.45) is -4.57. The Bertz CT molecular complexity index is 290. The van der Waals surface area contributed by atoms with E-state index in [0.29, 0.717) is 0 Å². The van der Waals surface area contributed by atoms with Crippen LogP contribution in [-0.4, -0.2) is 45.1 Å². The molecule has 0 spiro atoms. The van der Waals surface area contributed by atoms with E-state index in [1.165, 1.54) is 11.6 Å². The standard InChI is InChI=1S/C6H14F3N3O2S/c1-5(3-10)12(2)15(13,14)11-4-6(7,8)9/h5,11H,3-4,10H2,1-2H3. The summed E-state index contributed by atoms with van der Waals surface area (Å²) in [5, 5.41) is 0. The van der Waals surface area contributed by atoms with Crippen LogP contribution in [0.15, 0.2) is 0 Å². The van der Waals surface area contributed by atoms with Crippen LogP contribution in [0, 0.1) is 0 Å². The van der Waals surface area contributed by atoms with Gasteiger partial charge in [0, 0.05) is 19.6 Å². The Labute approximate surface area is 86.6 Å². The van der Waals surface area contributed by atoms with Gasteiger partial charge in [0.05, 0.1) is 0 Å². The molecule has 0 rings (SSSR count). The van der Waals surface area contributed by atoms with Gasteiger partial charge in [-0.15, -0.1) is 0 Å². The Morgan fingerprint density at radius 3 is 2.27 bits per heavy atom. The van der Waals surface area contributed by atoms with Gasteiger partial charge in [0.2, 0.25) is 0 Å². The maximum Gasteiger partial charge on any atom is 0.402 e. The highest BCUT2D eigenvalue weighted by molar-refractivity contribution is 7.87. The van der Waals surface area contributed by atoms with Crippen LogP contribution >= 0.6 is 0 Å². The zero-order chi connectivity index (χ0) is 12.3. The van der Waals surface area contributed by atoms with Gasteiger partial charge in [-0.1, -0.05) is 0 Å².